The molecule has 0 saturated carbocycles. The van der Waals surface area contributed by atoms with Crippen LogP contribution in [0, 0.1) is 0 Å². The quantitative estimate of drug-likeness (QED) is 0.446. The van der Waals surface area contributed by atoms with E-state index >= 15 is 0 Å². The largest absolute Gasteiger partial charge is 0.497 e. The number of aldehydes is 1. The summed E-state index contributed by atoms with van der Waals surface area (Å²) in [6.07, 6.45) is 0.865. The van der Waals surface area contributed by atoms with Gasteiger partial charge >= 0.3 is 0 Å². The second-order valence-electron chi connectivity index (χ2n) is 5.89. The second-order valence-corrected chi connectivity index (χ2v) is 6.72. The molecule has 0 aliphatic carbocycles. The van der Waals surface area contributed by atoms with Crippen molar-refractivity contribution in [1.82, 2.24) is 9.38 Å². The Kier molecular flexibility index (Phi) is 4.64. The number of aromatic nitrogens is 2. The van der Waals surface area contributed by atoms with Gasteiger partial charge in [-0.3, -0.25) is 9.20 Å². The van der Waals surface area contributed by atoms with Crippen LogP contribution in [0.25, 0.3) is 27.5 Å². The Balaban J connectivity index is 1.81. The minimum absolute atomic E-state index is 0.542. The van der Waals surface area contributed by atoms with Crippen molar-refractivity contribution in [2.75, 3.05) is 13.7 Å². The number of imidazole rings is 1. The molecule has 136 valence electrons. The minimum atomic E-state index is 0.542. The Hall–Kier alpha value is -3.12. The lowest BCUT2D eigenvalue weighted by Crippen LogP contribution is -1.95. The highest BCUT2D eigenvalue weighted by molar-refractivity contribution is 7.15. The molecule has 0 aliphatic rings. The van der Waals surface area contributed by atoms with Crippen molar-refractivity contribution < 1.29 is 14.3 Å². The summed E-state index contributed by atoms with van der Waals surface area (Å²) in [5, 5.41) is 2.02. The van der Waals surface area contributed by atoms with Gasteiger partial charge in [0, 0.05) is 10.9 Å². The van der Waals surface area contributed by atoms with Crippen LogP contribution in [0.3, 0.4) is 0 Å². The lowest BCUT2D eigenvalue weighted by atomic mass is 10.1. The van der Waals surface area contributed by atoms with Crippen molar-refractivity contribution in [2.24, 2.45) is 0 Å². The highest BCUT2D eigenvalue weighted by atomic mass is 32.1. The molecular weight excluding hydrogens is 360 g/mol. The molecule has 6 heteroatoms. The van der Waals surface area contributed by atoms with Gasteiger partial charge in [0.2, 0.25) is 0 Å². The van der Waals surface area contributed by atoms with Gasteiger partial charge in [0.25, 0.3) is 0 Å². The monoisotopic (exact) mass is 378 g/mol. The average molecular weight is 378 g/mol. The van der Waals surface area contributed by atoms with Crippen LogP contribution in [0.1, 0.15) is 17.4 Å². The van der Waals surface area contributed by atoms with E-state index in [4.69, 9.17) is 9.47 Å². The molecule has 0 saturated heterocycles. The van der Waals surface area contributed by atoms with Crippen LogP contribution in [0.4, 0.5) is 0 Å². The molecule has 27 heavy (non-hydrogen) atoms. The number of fused-ring (bicyclic) bond motifs is 1. The van der Waals surface area contributed by atoms with Crippen LogP contribution >= 0.6 is 11.3 Å². The number of benzene rings is 2. The summed E-state index contributed by atoms with van der Waals surface area (Å²) in [5.41, 5.74) is 4.04. The maximum Gasteiger partial charge on any atom is 0.195 e. The molecule has 0 N–H and O–H groups in total. The molecule has 0 radical (unpaired) electrons. The van der Waals surface area contributed by atoms with Gasteiger partial charge in [-0.15, -0.1) is 11.3 Å². The molecule has 0 atom stereocenters. The molecule has 2 aromatic heterocycles. The van der Waals surface area contributed by atoms with E-state index < -0.39 is 0 Å². The van der Waals surface area contributed by atoms with E-state index in [2.05, 4.69) is 4.98 Å². The SMILES string of the molecule is CCOc1ccc(-c2csc3nc(-c4ccc(OC)cc4)c(C=O)n23)cc1. The van der Waals surface area contributed by atoms with Crippen LogP contribution in [0.15, 0.2) is 53.9 Å². The number of rotatable bonds is 6. The molecule has 4 rings (SSSR count). The lowest BCUT2D eigenvalue weighted by Gasteiger charge is -2.06. The summed E-state index contributed by atoms with van der Waals surface area (Å²) >= 11 is 1.51. The van der Waals surface area contributed by atoms with E-state index in [1.54, 1.807) is 7.11 Å². The van der Waals surface area contributed by atoms with Gasteiger partial charge in [0.05, 0.1) is 19.4 Å². The third-order valence-corrected chi connectivity index (χ3v) is 5.16. The van der Waals surface area contributed by atoms with Gasteiger partial charge < -0.3 is 9.47 Å². The van der Waals surface area contributed by atoms with Crippen LogP contribution in [0.2, 0.25) is 0 Å². The molecule has 2 heterocycles. The van der Waals surface area contributed by atoms with Gasteiger partial charge in [-0.25, -0.2) is 4.98 Å². The topological polar surface area (TPSA) is 52.8 Å². The third kappa shape index (κ3) is 3.08. The number of thiazole rings is 1. The highest BCUT2D eigenvalue weighted by Crippen LogP contribution is 2.33. The molecular formula is C21H18N2O3S. The number of nitrogens with zero attached hydrogens (tertiary/aromatic N) is 2. The molecule has 4 aromatic rings. The van der Waals surface area contributed by atoms with Crippen molar-refractivity contribution >= 4 is 22.6 Å². The third-order valence-electron chi connectivity index (χ3n) is 4.34. The number of hydrogen-bond acceptors (Lipinski definition) is 5. The highest BCUT2D eigenvalue weighted by Gasteiger charge is 2.18. The van der Waals surface area contributed by atoms with Gasteiger partial charge in [-0.1, -0.05) is 0 Å². The van der Waals surface area contributed by atoms with Crippen molar-refractivity contribution in [3.63, 3.8) is 0 Å². The normalized spacial score (nSPS) is 10.9. The summed E-state index contributed by atoms with van der Waals surface area (Å²) in [6.45, 7) is 2.59. The zero-order valence-corrected chi connectivity index (χ0v) is 15.8. The summed E-state index contributed by atoms with van der Waals surface area (Å²) in [7, 11) is 1.63. The fourth-order valence-corrected chi connectivity index (χ4v) is 3.95. The molecule has 0 aliphatic heterocycles. The van der Waals surface area contributed by atoms with E-state index in [0.29, 0.717) is 18.0 Å². The number of methoxy groups -OCH3 is 1. The number of carbonyl (C=O) groups excluding carboxylic acids is 1. The standard InChI is InChI=1S/C21H18N2O3S/c1-3-26-17-10-4-14(5-11-17)19-13-27-21-22-20(18(12-24)23(19)21)15-6-8-16(25-2)9-7-15/h4-13H,3H2,1-2H3. The van der Waals surface area contributed by atoms with Gasteiger partial charge in [0.1, 0.15) is 22.9 Å². The Morgan fingerprint density at radius 3 is 2.33 bits per heavy atom. The first-order chi connectivity index (χ1) is 13.2. The van der Waals surface area contributed by atoms with E-state index in [0.717, 1.165) is 39.6 Å². The number of hydrogen-bond donors (Lipinski definition) is 0. The van der Waals surface area contributed by atoms with Gasteiger partial charge in [0.15, 0.2) is 11.2 Å². The summed E-state index contributed by atoms with van der Waals surface area (Å²) in [6, 6.07) is 15.4. The Labute approximate surface area is 160 Å². The zero-order chi connectivity index (χ0) is 18.8. The number of carbonyl (C=O) groups is 1. The second kappa shape index (κ2) is 7.25. The first-order valence-electron chi connectivity index (χ1n) is 8.58. The van der Waals surface area contributed by atoms with Crippen molar-refractivity contribution in [2.45, 2.75) is 6.92 Å². The molecule has 0 fully saturated rings. The van der Waals surface area contributed by atoms with E-state index in [1.807, 2.05) is 65.2 Å². The molecule has 5 nitrogen and oxygen atoms in total. The lowest BCUT2D eigenvalue weighted by molar-refractivity contribution is 0.111. The average Bonchev–Trinajstić information content (AvgIpc) is 3.28. The summed E-state index contributed by atoms with van der Waals surface area (Å²) in [5.74, 6) is 1.59. The fraction of sp³-hybridized carbons (Fsp3) is 0.143. The Morgan fingerprint density at radius 2 is 1.70 bits per heavy atom. The van der Waals surface area contributed by atoms with Crippen molar-refractivity contribution in [1.29, 1.82) is 0 Å². The smallest absolute Gasteiger partial charge is 0.195 e. The molecule has 0 unspecified atom stereocenters. The van der Waals surface area contributed by atoms with Crippen LogP contribution in [-0.4, -0.2) is 29.4 Å². The first kappa shape index (κ1) is 17.3. The van der Waals surface area contributed by atoms with Crippen LogP contribution in [-0.2, 0) is 0 Å². The maximum atomic E-state index is 11.9. The summed E-state index contributed by atoms with van der Waals surface area (Å²) < 4.78 is 12.6. The van der Waals surface area contributed by atoms with Crippen molar-refractivity contribution in [3.8, 4) is 34.0 Å². The fourth-order valence-electron chi connectivity index (χ4n) is 3.04. The first-order valence-corrected chi connectivity index (χ1v) is 9.46. The predicted octanol–water partition coefficient (Wildman–Crippen LogP) is 4.95. The van der Waals surface area contributed by atoms with Crippen molar-refractivity contribution in [3.05, 3.63) is 59.6 Å². The molecule has 0 bridgehead atoms. The van der Waals surface area contributed by atoms with E-state index in [1.165, 1.54) is 11.3 Å². The van der Waals surface area contributed by atoms with Gasteiger partial charge in [-0.05, 0) is 61.0 Å². The van der Waals surface area contributed by atoms with Crippen LogP contribution < -0.4 is 9.47 Å². The number of ether oxygens (including phenoxy) is 2. The van der Waals surface area contributed by atoms with E-state index in [9.17, 15) is 4.79 Å². The van der Waals surface area contributed by atoms with E-state index in [-0.39, 0.29) is 0 Å². The predicted molar refractivity (Wildman–Crippen MR) is 107 cm³/mol. The Morgan fingerprint density at radius 1 is 1.04 bits per heavy atom. The molecule has 0 spiro atoms. The van der Waals surface area contributed by atoms with Gasteiger partial charge in [-0.2, -0.15) is 0 Å². The van der Waals surface area contributed by atoms with Crippen LogP contribution in [0.5, 0.6) is 11.5 Å². The summed E-state index contributed by atoms with van der Waals surface area (Å²) in [4.78, 5) is 17.4. The molecule has 2 aromatic carbocycles. The maximum absolute atomic E-state index is 11.9. The Bertz CT molecular complexity index is 1080. The minimum Gasteiger partial charge on any atom is -0.497 e. The zero-order valence-electron chi connectivity index (χ0n) is 15.0. The molecule has 0 amide bonds.